The van der Waals surface area contributed by atoms with Crippen molar-refractivity contribution in [2.75, 3.05) is 0 Å². The zero-order chi connectivity index (χ0) is 9.00. The van der Waals surface area contributed by atoms with Crippen LogP contribution in [-0.4, -0.2) is 9.79 Å². The first-order chi connectivity index (χ1) is 4.00. The van der Waals surface area contributed by atoms with Crippen LogP contribution in [0.2, 0.25) is 0 Å². The van der Waals surface area contributed by atoms with Gasteiger partial charge in [-0.15, -0.1) is 0 Å². The standard InChI is InChI=1S/3K.2H3O4P.H/c;;;2*1-5(2,3)4;/h;;;2*(H3,1,2,3,4);/q3*+1;;;-1/p-2. The van der Waals surface area contributed by atoms with Gasteiger partial charge in [-0.05, 0) is 0 Å². The molecule has 13 heteroatoms. The Kier molecular flexibility index (Phi) is 36.1. The Labute approximate surface area is 206 Å². The minimum Gasteiger partial charge on any atom is -1.00 e. The van der Waals surface area contributed by atoms with Gasteiger partial charge < -0.3 is 35.4 Å². The van der Waals surface area contributed by atoms with Crippen LogP contribution in [0.15, 0.2) is 0 Å². The molecule has 0 aromatic rings. The van der Waals surface area contributed by atoms with Crippen molar-refractivity contribution in [3.8, 4) is 0 Å². The van der Waals surface area contributed by atoms with E-state index in [-0.39, 0.29) is 158 Å². The molecule has 0 aliphatic rings. The molecule has 0 bridgehead atoms. The second kappa shape index (κ2) is 15.2. The molecule has 0 aliphatic heterocycles. The molecule has 13 heavy (non-hydrogen) atoms. The molecule has 66 valence electrons. The quantitative estimate of drug-likeness (QED) is 0.328. The van der Waals surface area contributed by atoms with Crippen molar-refractivity contribution in [1.29, 1.82) is 0 Å². The normalized spacial score (nSPS) is 9.08. The van der Waals surface area contributed by atoms with E-state index in [1.165, 1.54) is 0 Å². The molecule has 0 unspecified atom stereocenters. The fourth-order valence-electron chi connectivity index (χ4n) is 0. The van der Waals surface area contributed by atoms with E-state index >= 15 is 0 Å². The van der Waals surface area contributed by atoms with E-state index in [1.807, 2.05) is 0 Å². The van der Waals surface area contributed by atoms with Crippen LogP contribution in [0.3, 0.4) is 0 Å². The Morgan fingerprint density at radius 3 is 0.923 bits per heavy atom. The van der Waals surface area contributed by atoms with Crippen molar-refractivity contribution in [2.45, 2.75) is 0 Å². The van der Waals surface area contributed by atoms with Crippen LogP contribution in [0.1, 0.15) is 4.28 Å². The van der Waals surface area contributed by atoms with Gasteiger partial charge in [-0.3, -0.25) is 4.57 Å². The van der Waals surface area contributed by atoms with Gasteiger partial charge in [0.1, 0.15) is 0 Å². The Bertz CT molecular complexity index is 141. The molecule has 0 spiro atoms. The molecule has 8 nitrogen and oxygen atoms in total. The van der Waals surface area contributed by atoms with Crippen LogP contribution < -0.4 is 174 Å². The molecule has 0 aliphatic carbocycles. The fraction of sp³-hybridized carbons (Fsp3) is 0. The van der Waals surface area contributed by atoms with E-state index in [1.54, 1.807) is 0 Å². The largest absolute Gasteiger partial charge is 1.00 e. The number of rotatable bonds is 0. The second-order valence-corrected chi connectivity index (χ2v) is 2.81. The van der Waals surface area contributed by atoms with Gasteiger partial charge in [-0.2, -0.15) is 7.82 Å². The average Bonchev–Trinajstić information content (AvgIpc) is 1.12. The smallest absolute Gasteiger partial charge is 1.00 e. The topological polar surface area (TPSA) is 167 Å². The first-order valence-corrected chi connectivity index (χ1v) is 4.49. The summed E-state index contributed by atoms with van der Waals surface area (Å²) in [5.41, 5.74) is 0. The molecular weight excluding hydrogens is 307 g/mol. The SMILES string of the molecule is O=P([O-])(O)O.O=P([O-])([O-])[O-].[H+].[H+].[H-].[K+].[K+].[K+]. The number of hydrogen-bond donors (Lipinski definition) is 2. The van der Waals surface area contributed by atoms with E-state index in [9.17, 15) is 0 Å². The summed E-state index contributed by atoms with van der Waals surface area (Å²) in [4.78, 5) is 48.6. The van der Waals surface area contributed by atoms with E-state index in [0.717, 1.165) is 0 Å². The van der Waals surface area contributed by atoms with Gasteiger partial charge >= 0.3 is 157 Å². The average molecular weight is 312 g/mol. The summed E-state index contributed by atoms with van der Waals surface area (Å²) >= 11 is 0. The zero-order valence-corrected chi connectivity index (χ0v) is 18.4. The van der Waals surface area contributed by atoms with Gasteiger partial charge in [0.15, 0.2) is 0 Å². The summed E-state index contributed by atoms with van der Waals surface area (Å²) in [6.07, 6.45) is 0. The van der Waals surface area contributed by atoms with Gasteiger partial charge in [-0.25, -0.2) is 0 Å². The molecule has 0 aromatic carbocycles. The van der Waals surface area contributed by atoms with Crippen molar-refractivity contribution in [3.05, 3.63) is 0 Å². The van der Waals surface area contributed by atoms with E-state index in [2.05, 4.69) is 0 Å². The molecule has 2 N–H and O–H groups in total. The molecule has 0 atom stereocenters. The first kappa shape index (κ1) is 30.9. The Morgan fingerprint density at radius 1 is 0.923 bits per heavy atom. The summed E-state index contributed by atoms with van der Waals surface area (Å²) < 4.78 is 17.3. The maximum Gasteiger partial charge on any atom is 1.00 e. The third kappa shape index (κ3) is 149. The third-order valence-corrected chi connectivity index (χ3v) is 0. The first-order valence-electron chi connectivity index (χ1n) is 1.50. The fourth-order valence-corrected chi connectivity index (χ4v) is 0. The summed E-state index contributed by atoms with van der Waals surface area (Å²) in [5.74, 6) is 0. The Hall–Kier alpha value is 5.13. The van der Waals surface area contributed by atoms with Crippen molar-refractivity contribution >= 4 is 15.6 Å². The van der Waals surface area contributed by atoms with Crippen molar-refractivity contribution in [3.63, 3.8) is 0 Å². The van der Waals surface area contributed by atoms with Crippen LogP contribution in [0.4, 0.5) is 0 Å². The minimum absolute atomic E-state index is 0. The third-order valence-electron chi connectivity index (χ3n) is 0. The Morgan fingerprint density at radius 2 is 0.923 bits per heavy atom. The molecule has 0 rings (SSSR count). The molecule has 0 radical (unpaired) electrons. The Balaban J connectivity index is -0.00000000970. The maximum atomic E-state index is 8.77. The van der Waals surface area contributed by atoms with Gasteiger partial charge in [0, 0.05) is 0 Å². The van der Waals surface area contributed by atoms with Gasteiger partial charge in [0.2, 0.25) is 0 Å². The van der Waals surface area contributed by atoms with Gasteiger partial charge in [0.25, 0.3) is 7.82 Å². The number of hydrogen-bond acceptors (Lipinski definition) is 6. The van der Waals surface area contributed by atoms with Crippen molar-refractivity contribution in [2.24, 2.45) is 0 Å². The van der Waals surface area contributed by atoms with E-state index < -0.39 is 15.6 Å². The van der Waals surface area contributed by atoms with E-state index in [4.69, 9.17) is 38.5 Å². The van der Waals surface area contributed by atoms with Crippen molar-refractivity contribution in [1.82, 2.24) is 0 Å². The van der Waals surface area contributed by atoms with Crippen LogP contribution in [0.5, 0.6) is 0 Å². The number of phosphoric acid groups is 2. The monoisotopic (exact) mass is 312 g/mol. The zero-order valence-electron chi connectivity index (χ0n) is 10.2. The summed E-state index contributed by atoms with van der Waals surface area (Å²) in [5, 5.41) is 0. The molecule has 0 saturated carbocycles. The summed E-state index contributed by atoms with van der Waals surface area (Å²) in [6.45, 7) is 0. The predicted molar refractivity (Wildman–Crippen MR) is 23.0 cm³/mol. The van der Waals surface area contributed by atoms with Crippen LogP contribution in [0, 0.1) is 0 Å². The second-order valence-electron chi connectivity index (χ2n) is 0.938. The van der Waals surface area contributed by atoms with E-state index in [0.29, 0.717) is 0 Å². The molecule has 0 heterocycles. The van der Waals surface area contributed by atoms with Crippen LogP contribution in [0.25, 0.3) is 0 Å². The maximum absolute atomic E-state index is 8.77. The molecule has 0 amide bonds. The predicted octanol–water partition coefficient (Wildman–Crippen LogP) is -13.0. The minimum atomic E-state index is -5.39. The molecule has 0 fully saturated rings. The van der Waals surface area contributed by atoms with Gasteiger partial charge in [0.05, 0.1) is 0 Å². The summed E-state index contributed by atoms with van der Waals surface area (Å²) in [6, 6.07) is 0. The summed E-state index contributed by atoms with van der Waals surface area (Å²) in [7, 11) is -10.3. The van der Waals surface area contributed by atoms with Gasteiger partial charge in [-0.1, -0.05) is 0 Å². The van der Waals surface area contributed by atoms with Crippen molar-refractivity contribution < 1.29 is 197 Å². The van der Waals surface area contributed by atoms with Crippen LogP contribution in [-0.2, 0) is 9.13 Å². The van der Waals surface area contributed by atoms with Crippen LogP contribution >= 0.6 is 15.6 Å². The molecule has 0 aromatic heterocycles. The molecule has 0 saturated heterocycles. The molecular formula is H5K3O8P2.